The molecule has 0 spiro atoms. The summed E-state index contributed by atoms with van der Waals surface area (Å²) in [6.07, 6.45) is 3.16. The second-order valence-electron chi connectivity index (χ2n) is 1.19. The maximum atomic E-state index is 3.81. The largest absolute Gasteiger partial charge is 0.249 e. The van der Waals surface area contributed by atoms with E-state index in [0.29, 0.717) is 5.72 Å². The van der Waals surface area contributed by atoms with Crippen molar-refractivity contribution >= 4 is 13.6 Å². The Morgan fingerprint density at radius 1 is 1.43 bits per heavy atom. The van der Waals surface area contributed by atoms with Crippen LogP contribution in [0, 0.1) is 0 Å². The Labute approximate surface area is 42.2 Å². The van der Waals surface area contributed by atoms with Crippen LogP contribution in [0.25, 0.3) is 0 Å². The van der Waals surface area contributed by atoms with Gasteiger partial charge in [0.1, 0.15) is 5.72 Å². The summed E-state index contributed by atoms with van der Waals surface area (Å²) in [6, 6.07) is 0. The summed E-state index contributed by atoms with van der Waals surface area (Å²) in [5.41, 5.74) is 0.711. The average molecular weight is 92.9 g/mol. The Morgan fingerprint density at radius 2 is 2.29 bits per heavy atom. The summed E-state index contributed by atoms with van der Waals surface area (Å²) in [7, 11) is 1.80. The number of rotatable bonds is 0. The molecule has 0 fully saturated rings. The smallest absolute Gasteiger partial charge is 0.191 e. The van der Waals surface area contributed by atoms with Crippen LogP contribution in [-0.4, -0.2) is 23.0 Å². The molecule has 7 heavy (non-hydrogen) atoms. The van der Waals surface area contributed by atoms with Crippen molar-refractivity contribution in [2.24, 2.45) is 0 Å². The molecule has 34 valence electrons. The van der Waals surface area contributed by atoms with Gasteiger partial charge in [0.05, 0.1) is 6.20 Å². The van der Waals surface area contributed by atoms with E-state index in [0.717, 1.165) is 0 Å². The van der Waals surface area contributed by atoms with Crippen molar-refractivity contribution in [2.75, 3.05) is 0 Å². The van der Waals surface area contributed by atoms with Crippen molar-refractivity contribution in [1.82, 2.24) is 15.2 Å². The van der Waals surface area contributed by atoms with Gasteiger partial charge in [0.25, 0.3) is 0 Å². The topological polar surface area (TPSA) is 38.7 Å². The molecule has 0 bridgehead atoms. The van der Waals surface area contributed by atoms with Crippen molar-refractivity contribution < 1.29 is 0 Å². The zero-order chi connectivity index (χ0) is 5.11. The van der Waals surface area contributed by atoms with Crippen molar-refractivity contribution in [3.8, 4) is 0 Å². The zero-order valence-electron chi connectivity index (χ0n) is 4.00. The molecule has 0 aliphatic heterocycles. The quantitative estimate of drug-likeness (QED) is 0.352. The van der Waals surface area contributed by atoms with Gasteiger partial charge in [-0.15, -0.1) is 5.10 Å². The zero-order valence-corrected chi connectivity index (χ0v) is 4.00. The summed E-state index contributed by atoms with van der Waals surface area (Å²) in [4.78, 5) is 3.81. The van der Waals surface area contributed by atoms with E-state index in [1.807, 2.05) is 0 Å². The maximum Gasteiger partial charge on any atom is 0.191 e. The highest BCUT2D eigenvalue weighted by molar-refractivity contribution is 6.28. The van der Waals surface area contributed by atoms with Crippen LogP contribution in [0.5, 0.6) is 0 Å². The van der Waals surface area contributed by atoms with Gasteiger partial charge in [-0.25, -0.2) is 4.98 Å². The molecular formula is C3H4BN3. The summed E-state index contributed by atoms with van der Waals surface area (Å²) in [5.74, 6) is 0. The Bertz CT molecular complexity index is 140. The van der Waals surface area contributed by atoms with Crippen LogP contribution in [0.4, 0.5) is 0 Å². The average Bonchev–Trinajstić information content (AvgIpc) is 1.69. The first-order valence-corrected chi connectivity index (χ1v) is 2.00. The normalized spacial score (nSPS) is 8.57. The minimum Gasteiger partial charge on any atom is -0.249 e. The molecule has 4 heteroatoms. The van der Waals surface area contributed by atoms with Crippen LogP contribution in [0.1, 0.15) is 0 Å². The third-order valence-electron chi connectivity index (χ3n) is 0.597. The third kappa shape index (κ3) is 0.959. The van der Waals surface area contributed by atoms with Crippen LogP contribution >= 0.6 is 0 Å². The molecule has 1 rings (SSSR count). The van der Waals surface area contributed by atoms with Crippen LogP contribution in [0.2, 0.25) is 0 Å². The molecule has 1 heterocycles. The molecule has 0 saturated carbocycles. The molecule has 0 aliphatic carbocycles. The molecule has 0 aliphatic rings. The second kappa shape index (κ2) is 1.68. The lowest BCUT2D eigenvalue weighted by molar-refractivity contribution is 1.01. The minimum atomic E-state index is 0.711. The fraction of sp³-hybridized carbons (Fsp3) is 0. The van der Waals surface area contributed by atoms with E-state index in [9.17, 15) is 0 Å². The van der Waals surface area contributed by atoms with Gasteiger partial charge in [-0.2, -0.15) is 5.10 Å². The lowest BCUT2D eigenvalue weighted by atomic mass is 10.1. The summed E-state index contributed by atoms with van der Waals surface area (Å²) in [6.45, 7) is 0. The van der Waals surface area contributed by atoms with E-state index in [1.54, 1.807) is 20.2 Å². The molecule has 0 unspecified atom stereocenters. The van der Waals surface area contributed by atoms with E-state index in [1.165, 1.54) is 0 Å². The van der Waals surface area contributed by atoms with Gasteiger partial charge in [0.15, 0.2) is 7.85 Å². The minimum absolute atomic E-state index is 0.711. The first-order valence-electron chi connectivity index (χ1n) is 2.00. The highest BCUT2D eigenvalue weighted by Crippen LogP contribution is 1.56. The predicted molar refractivity (Wildman–Crippen MR) is 28.0 cm³/mol. The fourth-order valence-electron chi connectivity index (χ4n) is 0.314. The number of nitrogens with zero attached hydrogens (tertiary/aromatic N) is 3. The van der Waals surface area contributed by atoms with Crippen LogP contribution in [-0.2, 0) is 0 Å². The molecule has 0 atom stereocenters. The van der Waals surface area contributed by atoms with Gasteiger partial charge in [-0.05, 0) is 0 Å². The highest BCUT2D eigenvalue weighted by Gasteiger charge is 1.76. The molecule has 0 radical (unpaired) electrons. The molecule has 0 saturated heterocycles. The maximum absolute atomic E-state index is 3.81. The van der Waals surface area contributed by atoms with Crippen molar-refractivity contribution in [3.63, 3.8) is 0 Å². The SMILES string of the molecule is Bc1nccnn1. The van der Waals surface area contributed by atoms with Crippen molar-refractivity contribution in [3.05, 3.63) is 12.4 Å². The number of aromatic nitrogens is 3. The monoisotopic (exact) mass is 93.0 g/mol. The van der Waals surface area contributed by atoms with Crippen molar-refractivity contribution in [1.29, 1.82) is 0 Å². The predicted octanol–water partition coefficient (Wildman–Crippen LogP) is -1.87. The molecule has 0 aromatic carbocycles. The lowest BCUT2D eigenvalue weighted by Crippen LogP contribution is -2.12. The van der Waals surface area contributed by atoms with Crippen LogP contribution in [0.3, 0.4) is 0 Å². The first kappa shape index (κ1) is 4.24. The summed E-state index contributed by atoms with van der Waals surface area (Å²) >= 11 is 0. The van der Waals surface area contributed by atoms with Gasteiger partial charge in [-0.1, -0.05) is 0 Å². The van der Waals surface area contributed by atoms with Gasteiger partial charge < -0.3 is 0 Å². The van der Waals surface area contributed by atoms with E-state index in [2.05, 4.69) is 15.2 Å². The Morgan fingerprint density at radius 3 is 2.57 bits per heavy atom. The molecule has 0 amide bonds. The third-order valence-corrected chi connectivity index (χ3v) is 0.597. The Balaban J connectivity index is 3.02. The van der Waals surface area contributed by atoms with Gasteiger partial charge in [0.2, 0.25) is 0 Å². The van der Waals surface area contributed by atoms with Gasteiger partial charge in [-0.3, -0.25) is 0 Å². The van der Waals surface area contributed by atoms with E-state index >= 15 is 0 Å². The number of hydrogen-bond donors (Lipinski definition) is 0. The van der Waals surface area contributed by atoms with Gasteiger partial charge in [0, 0.05) is 6.20 Å². The van der Waals surface area contributed by atoms with E-state index in [4.69, 9.17) is 0 Å². The lowest BCUT2D eigenvalue weighted by Gasteiger charge is -1.80. The number of hydrogen-bond acceptors (Lipinski definition) is 3. The summed E-state index contributed by atoms with van der Waals surface area (Å²) < 4.78 is 0. The van der Waals surface area contributed by atoms with Crippen molar-refractivity contribution in [2.45, 2.75) is 0 Å². The standard InChI is InChI=1S/C3H4BN3/c4-3-5-1-2-6-7-3/h1-2H,4H2. The Hall–Kier alpha value is -0.925. The van der Waals surface area contributed by atoms with Crippen LogP contribution < -0.4 is 5.72 Å². The molecule has 1 aromatic heterocycles. The molecular weight excluding hydrogens is 88.9 g/mol. The van der Waals surface area contributed by atoms with E-state index < -0.39 is 0 Å². The first-order chi connectivity index (χ1) is 3.39. The summed E-state index contributed by atoms with van der Waals surface area (Å²) in [5, 5.41) is 7.19. The highest BCUT2D eigenvalue weighted by atomic mass is 15.1. The molecule has 1 aromatic rings. The Kier molecular flexibility index (Phi) is 1.02. The molecule has 3 nitrogen and oxygen atoms in total. The fourth-order valence-corrected chi connectivity index (χ4v) is 0.314. The molecule has 0 N–H and O–H groups in total. The van der Waals surface area contributed by atoms with E-state index in [-0.39, 0.29) is 0 Å². The second-order valence-corrected chi connectivity index (χ2v) is 1.19. The van der Waals surface area contributed by atoms with Crippen LogP contribution in [0.15, 0.2) is 12.4 Å². The van der Waals surface area contributed by atoms with Gasteiger partial charge >= 0.3 is 0 Å².